The van der Waals surface area contributed by atoms with Crippen LogP contribution in [0, 0.1) is 23.7 Å². The molecule has 0 aliphatic carbocycles. The molecule has 17 atom stereocenters. The lowest BCUT2D eigenvalue weighted by Crippen LogP contribution is -2.60. The van der Waals surface area contributed by atoms with E-state index in [0.29, 0.717) is 13.0 Å². The molecule has 0 bridgehead atoms. The van der Waals surface area contributed by atoms with E-state index in [1.165, 1.54) is 12.5 Å². The number of hydrogen-bond acceptors (Lipinski definition) is 17. The van der Waals surface area contributed by atoms with Gasteiger partial charge in [0.2, 0.25) is 0 Å². The first-order valence-electron chi connectivity index (χ1n) is 29.4. The summed E-state index contributed by atoms with van der Waals surface area (Å²) in [4.78, 5) is 21.3. The third-order valence-corrected chi connectivity index (χ3v) is 18.1. The van der Waals surface area contributed by atoms with Gasteiger partial charge in [-0.05, 0) is 143 Å². The normalized spacial score (nSPS) is 36.1. The molecule has 2 aromatic heterocycles. The minimum Gasteiger partial charge on any atom is -0.459 e. The number of methoxy groups -OCH3 is 1. The monoisotopic (exact) mass is 1100 g/mol. The van der Waals surface area contributed by atoms with Crippen molar-refractivity contribution in [2.45, 2.75) is 232 Å². The lowest BCUT2D eigenvalue weighted by atomic mass is 9.68. The molecule has 6 rings (SSSR count). The molecule has 0 amide bonds. The number of aliphatic hydroxyl groups excluding tert-OH is 2. The molecule has 4 N–H and O–H groups in total. The number of hydrogen-bond donors (Lipinski definition) is 4. The smallest absolute Gasteiger partial charge is 0.309 e. The number of likely N-dealkylation sites (N-methyl/N-ethyl adjacent to an activating group) is 2. The Morgan fingerprint density at radius 2 is 1.55 bits per heavy atom. The number of rotatable bonds is 20. The molecule has 0 saturated carbocycles. The van der Waals surface area contributed by atoms with E-state index < -0.39 is 83.2 Å². The summed E-state index contributed by atoms with van der Waals surface area (Å²) >= 11 is 0. The molecule has 19 heteroatoms. The number of carbonyl (C=O) groups excluding carboxylic acids is 1. The van der Waals surface area contributed by atoms with Gasteiger partial charge < -0.3 is 53.9 Å². The van der Waals surface area contributed by atoms with Crippen LogP contribution >= 0.6 is 0 Å². The molecule has 3 saturated heterocycles. The predicted octanol–water partition coefficient (Wildman–Crippen LogP) is 5.90. The second kappa shape index (κ2) is 28.0. The fraction of sp³-hybridized carbons (Fsp3) is 0.814. The summed E-state index contributed by atoms with van der Waals surface area (Å²) in [7, 11) is 5.62. The van der Waals surface area contributed by atoms with E-state index in [1.54, 1.807) is 21.0 Å². The quantitative estimate of drug-likeness (QED) is 0.0766. The standard InChI is InChI=1S/C59H101N9O10/c1-16-51-59(12,73)53(69)42(8)65(14)33-38(4)31-57(10,72)55(40(6)52(41(7)56(71)78-51)50-32-58(11,74-15)54(70)43(9)77-50)75-37-49-30-48(29-39(5)76-49)64(13)28-26-45-35-67(62-60-45)27-20-19-21-44-22-24-47(25-23-44)68-36-46(61-63-68)34-66(17-2)18-3/h22-25,35-36,38-43,48-55,69-70,72-73H,16-21,26-34,37H2,1-15H3/t38-,39-,40+,41-,42-,43+,48+,49-,50?,51-,52+,53-,54+,55-,57-,58-,59-/m1/s1. The number of unbranched alkanes of at least 4 members (excludes halogenated alkanes) is 1. The van der Waals surface area contributed by atoms with Gasteiger partial charge >= 0.3 is 5.97 Å². The average molecular weight is 1100 g/mol. The molecule has 3 fully saturated rings. The molecule has 0 spiro atoms. The van der Waals surface area contributed by atoms with Crippen LogP contribution in [-0.2, 0) is 54.4 Å². The first-order chi connectivity index (χ1) is 36.8. The Morgan fingerprint density at radius 1 is 0.859 bits per heavy atom. The number of cyclic esters (lactones) is 1. The second-order valence-electron chi connectivity index (χ2n) is 24.5. The van der Waals surface area contributed by atoms with Crippen LogP contribution < -0.4 is 0 Å². The molecular weight excluding hydrogens is 995 g/mol. The summed E-state index contributed by atoms with van der Waals surface area (Å²) in [6.07, 6.45) is 4.69. The number of aromatic nitrogens is 6. The number of nitrogens with zero attached hydrogens (tertiary/aromatic N) is 9. The highest BCUT2D eigenvalue weighted by Crippen LogP contribution is 2.44. The van der Waals surface area contributed by atoms with Crippen molar-refractivity contribution in [3.8, 4) is 5.69 Å². The fourth-order valence-electron chi connectivity index (χ4n) is 13.1. The predicted molar refractivity (Wildman–Crippen MR) is 300 cm³/mol. The zero-order chi connectivity index (χ0) is 57.3. The molecular formula is C59H101N9O10. The summed E-state index contributed by atoms with van der Waals surface area (Å²) in [5.41, 5.74) is 0.0397. The van der Waals surface area contributed by atoms with Crippen molar-refractivity contribution >= 4 is 5.97 Å². The Kier molecular flexibility index (Phi) is 22.9. The van der Waals surface area contributed by atoms with Gasteiger partial charge in [-0.3, -0.25) is 14.4 Å². The molecule has 19 nitrogen and oxygen atoms in total. The zero-order valence-electron chi connectivity index (χ0n) is 50.1. The summed E-state index contributed by atoms with van der Waals surface area (Å²) in [5.74, 6) is -2.59. The highest BCUT2D eigenvalue weighted by atomic mass is 16.6. The highest BCUT2D eigenvalue weighted by Gasteiger charge is 2.54. The molecule has 442 valence electrons. The first kappa shape index (κ1) is 63.7. The topological polar surface area (TPSA) is 215 Å². The van der Waals surface area contributed by atoms with E-state index in [2.05, 4.69) is 95.6 Å². The summed E-state index contributed by atoms with van der Waals surface area (Å²) < 4.78 is 36.3. The van der Waals surface area contributed by atoms with Crippen LogP contribution in [-0.4, -0.2) is 203 Å². The first-order valence-corrected chi connectivity index (χ1v) is 29.4. The lowest BCUT2D eigenvalue weighted by molar-refractivity contribution is -0.242. The number of carbonyl (C=O) groups is 1. The molecule has 3 aliphatic heterocycles. The van der Waals surface area contributed by atoms with E-state index >= 15 is 0 Å². The van der Waals surface area contributed by atoms with Gasteiger partial charge in [-0.15, -0.1) is 10.2 Å². The number of ether oxygens (including phenoxy) is 5. The Hall–Kier alpha value is -3.47. The van der Waals surface area contributed by atoms with Crippen molar-refractivity contribution in [1.82, 2.24) is 44.7 Å². The van der Waals surface area contributed by atoms with Gasteiger partial charge in [-0.25, -0.2) is 4.68 Å². The molecule has 3 aromatic rings. The SMILES string of the molecule is CC[C@H]1OC(=O)[C@H](C)[C@@H](C2C[C@@](C)(OC)[C@@H](O)[C@H](C)O2)[C@H](C)[C@@H](OC[C@H]2C[C@@H](N(C)CCc3cn(CCCCc4ccc(-n5cc(CN(CC)CC)nn5)cc4)nn3)C[C@@H](C)O2)[C@](C)(O)C[C@@H](C)CN(C)[C@H](C)[C@@H](O)[C@]1(C)O. The van der Waals surface area contributed by atoms with Crippen molar-refractivity contribution < 1.29 is 48.9 Å². The number of benzene rings is 1. The van der Waals surface area contributed by atoms with Gasteiger partial charge in [-0.2, -0.15) is 0 Å². The number of aliphatic hydroxyl groups is 4. The fourth-order valence-corrected chi connectivity index (χ4v) is 13.1. The molecule has 1 unspecified atom stereocenters. The summed E-state index contributed by atoms with van der Waals surface area (Å²) in [6.45, 7) is 28.0. The Bertz CT molecular complexity index is 2280. The molecule has 78 heavy (non-hydrogen) atoms. The van der Waals surface area contributed by atoms with E-state index in [4.69, 9.17) is 23.7 Å². The summed E-state index contributed by atoms with van der Waals surface area (Å²) in [6, 6.07) is 8.27. The van der Waals surface area contributed by atoms with Gasteiger partial charge in [-0.1, -0.05) is 64.1 Å². The maximum atomic E-state index is 14.6. The van der Waals surface area contributed by atoms with Gasteiger partial charge in [0.15, 0.2) is 0 Å². The Balaban J connectivity index is 1.10. The van der Waals surface area contributed by atoms with Crippen molar-refractivity contribution in [2.75, 3.05) is 54.0 Å². The van der Waals surface area contributed by atoms with Gasteiger partial charge in [0.05, 0.1) is 77.5 Å². The van der Waals surface area contributed by atoms with Crippen molar-refractivity contribution in [1.29, 1.82) is 0 Å². The minimum absolute atomic E-state index is 0.0385. The van der Waals surface area contributed by atoms with Crippen LogP contribution in [0.25, 0.3) is 5.69 Å². The highest BCUT2D eigenvalue weighted by molar-refractivity contribution is 5.73. The van der Waals surface area contributed by atoms with Gasteiger partial charge in [0, 0.05) is 70.3 Å². The van der Waals surface area contributed by atoms with Crippen LogP contribution in [0.1, 0.15) is 145 Å². The van der Waals surface area contributed by atoms with Crippen molar-refractivity contribution in [3.63, 3.8) is 0 Å². The lowest BCUT2D eigenvalue weighted by Gasteiger charge is -2.50. The molecule has 1 aromatic carbocycles. The number of esters is 1. The number of aryl methyl sites for hydroxylation is 2. The van der Waals surface area contributed by atoms with Gasteiger partial charge in [0.25, 0.3) is 0 Å². The summed E-state index contributed by atoms with van der Waals surface area (Å²) in [5, 5.41) is 65.6. The van der Waals surface area contributed by atoms with Crippen molar-refractivity contribution in [2.24, 2.45) is 23.7 Å². The van der Waals surface area contributed by atoms with Gasteiger partial charge in [0.1, 0.15) is 23.9 Å². The molecule has 3 aliphatic rings. The van der Waals surface area contributed by atoms with E-state index in [9.17, 15) is 25.2 Å². The van der Waals surface area contributed by atoms with Crippen LogP contribution in [0.15, 0.2) is 36.7 Å². The third-order valence-electron chi connectivity index (χ3n) is 18.1. The largest absolute Gasteiger partial charge is 0.459 e. The Labute approximate surface area is 466 Å². The van der Waals surface area contributed by atoms with E-state index in [1.807, 2.05) is 62.1 Å². The van der Waals surface area contributed by atoms with Crippen LogP contribution in [0.3, 0.4) is 0 Å². The van der Waals surface area contributed by atoms with Crippen molar-refractivity contribution in [3.05, 3.63) is 53.6 Å². The average Bonchev–Trinajstić information content (AvgIpc) is 4.11. The maximum absolute atomic E-state index is 14.6. The van der Waals surface area contributed by atoms with Crippen LogP contribution in [0.5, 0.6) is 0 Å². The molecule has 0 radical (unpaired) electrons. The van der Waals surface area contributed by atoms with E-state index in [-0.39, 0.29) is 43.6 Å². The third kappa shape index (κ3) is 16.0. The van der Waals surface area contributed by atoms with Crippen LogP contribution in [0.4, 0.5) is 0 Å². The maximum Gasteiger partial charge on any atom is 0.309 e. The van der Waals surface area contributed by atoms with Crippen LogP contribution in [0.2, 0.25) is 0 Å². The zero-order valence-corrected chi connectivity index (χ0v) is 50.1. The Morgan fingerprint density at radius 3 is 2.22 bits per heavy atom. The van der Waals surface area contributed by atoms with E-state index in [0.717, 1.165) is 88.3 Å². The minimum atomic E-state index is -1.77. The second-order valence-corrected chi connectivity index (χ2v) is 24.5. The molecule has 5 heterocycles.